The Morgan fingerprint density at radius 1 is 1.06 bits per heavy atom. The van der Waals surface area contributed by atoms with E-state index in [4.69, 9.17) is 9.72 Å². The highest BCUT2D eigenvalue weighted by Crippen LogP contribution is 2.30. The predicted octanol–water partition coefficient (Wildman–Crippen LogP) is 5.69. The van der Waals surface area contributed by atoms with E-state index in [1.54, 1.807) is 7.11 Å². The number of nitrogens with zero attached hydrogens (tertiary/aromatic N) is 3. The quantitative estimate of drug-likeness (QED) is 0.383. The van der Waals surface area contributed by atoms with E-state index in [1.807, 2.05) is 24.4 Å². The summed E-state index contributed by atoms with van der Waals surface area (Å²) in [6.07, 6.45) is 7.36. The maximum absolute atomic E-state index is 13.1. The molecule has 4 aromatic rings. The minimum atomic E-state index is -0.197. The molecule has 1 saturated heterocycles. The number of piperidine rings is 1. The monoisotopic (exact) mass is 443 g/mol. The number of hydrogen-bond acceptors (Lipinski definition) is 3. The number of aromatic nitrogens is 2. The smallest absolute Gasteiger partial charge is 0.123 e. The summed E-state index contributed by atoms with van der Waals surface area (Å²) in [5.74, 6) is 1.15. The van der Waals surface area contributed by atoms with Crippen LogP contribution in [0.4, 0.5) is 4.39 Å². The number of rotatable bonds is 6. The summed E-state index contributed by atoms with van der Waals surface area (Å²) in [6, 6.07) is 17.4. The fraction of sp³-hybridized carbons (Fsp3) is 0.321. The minimum Gasteiger partial charge on any atom is -0.497 e. The lowest BCUT2D eigenvalue weighted by atomic mass is 9.93. The zero-order valence-corrected chi connectivity index (χ0v) is 19.3. The second-order valence-electron chi connectivity index (χ2n) is 9.12. The molecule has 5 heteroatoms. The zero-order chi connectivity index (χ0) is 22.8. The van der Waals surface area contributed by atoms with Crippen LogP contribution >= 0.6 is 0 Å². The summed E-state index contributed by atoms with van der Waals surface area (Å²) in [7, 11) is 3.81. The lowest BCUT2D eigenvalue weighted by molar-refractivity contribution is 0.199. The van der Waals surface area contributed by atoms with Crippen LogP contribution in [0.1, 0.15) is 41.1 Å². The van der Waals surface area contributed by atoms with Gasteiger partial charge in [0.25, 0.3) is 0 Å². The van der Waals surface area contributed by atoms with Gasteiger partial charge >= 0.3 is 0 Å². The Hall–Kier alpha value is -3.18. The Labute approximate surface area is 194 Å². The van der Waals surface area contributed by atoms with Crippen molar-refractivity contribution in [2.75, 3.05) is 20.2 Å². The van der Waals surface area contributed by atoms with Gasteiger partial charge in [0, 0.05) is 55.6 Å². The van der Waals surface area contributed by atoms with Gasteiger partial charge in [-0.2, -0.15) is 0 Å². The van der Waals surface area contributed by atoms with Crippen LogP contribution in [0.2, 0.25) is 0 Å². The van der Waals surface area contributed by atoms with E-state index in [2.05, 4.69) is 47.0 Å². The molecule has 4 nitrogen and oxygen atoms in total. The van der Waals surface area contributed by atoms with Crippen LogP contribution < -0.4 is 4.74 Å². The molecule has 1 fully saturated rings. The molecule has 1 atom stereocenters. The third-order valence-electron chi connectivity index (χ3n) is 6.77. The first-order valence-electron chi connectivity index (χ1n) is 11.6. The van der Waals surface area contributed by atoms with Gasteiger partial charge in [-0.3, -0.25) is 9.88 Å². The Bertz CT molecular complexity index is 1230. The van der Waals surface area contributed by atoms with Crippen molar-refractivity contribution < 1.29 is 9.13 Å². The van der Waals surface area contributed by atoms with Gasteiger partial charge in [-0.15, -0.1) is 0 Å². The van der Waals surface area contributed by atoms with Crippen LogP contribution in [0.5, 0.6) is 5.75 Å². The topological polar surface area (TPSA) is 30.3 Å². The van der Waals surface area contributed by atoms with Gasteiger partial charge in [0.05, 0.1) is 12.6 Å². The molecule has 2 aromatic heterocycles. The van der Waals surface area contributed by atoms with Crippen molar-refractivity contribution in [3.05, 3.63) is 95.2 Å². The number of hydrogen-bond donors (Lipinski definition) is 0. The number of fused-ring (bicyclic) bond motifs is 1. The van der Waals surface area contributed by atoms with Crippen molar-refractivity contribution in [2.24, 2.45) is 7.05 Å². The van der Waals surface area contributed by atoms with Crippen molar-refractivity contribution in [2.45, 2.75) is 31.7 Å². The van der Waals surface area contributed by atoms with Gasteiger partial charge in [0.2, 0.25) is 0 Å². The molecule has 0 aliphatic carbocycles. The molecular weight excluding hydrogens is 413 g/mol. The number of ether oxygens (including phenoxy) is 1. The predicted molar refractivity (Wildman–Crippen MR) is 130 cm³/mol. The first-order valence-corrected chi connectivity index (χ1v) is 11.6. The number of methoxy groups -OCH3 is 1. The first-order chi connectivity index (χ1) is 16.1. The van der Waals surface area contributed by atoms with Crippen molar-refractivity contribution in [3.8, 4) is 5.75 Å². The van der Waals surface area contributed by atoms with E-state index in [-0.39, 0.29) is 5.82 Å². The molecule has 1 unspecified atom stereocenters. The van der Waals surface area contributed by atoms with Crippen LogP contribution in [0.25, 0.3) is 10.9 Å². The highest BCUT2D eigenvalue weighted by molar-refractivity contribution is 5.85. The molecule has 0 spiro atoms. The standard InChI is InChI=1S/C28H30FN3O/c1-31-17-23(26-11-10-25(33-2)15-28(26)31)19-32-13-3-4-22(18-32)27-12-7-21(16-30-27)14-20-5-8-24(29)9-6-20/h5-12,15-17,22H,3-4,13-14,18-19H2,1-2H3. The molecule has 1 aliphatic rings. The minimum absolute atomic E-state index is 0.197. The largest absolute Gasteiger partial charge is 0.497 e. The second kappa shape index (κ2) is 9.36. The Morgan fingerprint density at radius 3 is 2.64 bits per heavy atom. The van der Waals surface area contributed by atoms with Gasteiger partial charge in [0.15, 0.2) is 0 Å². The molecule has 0 saturated carbocycles. The Kier molecular flexibility index (Phi) is 6.14. The van der Waals surface area contributed by atoms with Crippen molar-refractivity contribution in [1.82, 2.24) is 14.5 Å². The van der Waals surface area contributed by atoms with Crippen molar-refractivity contribution in [3.63, 3.8) is 0 Å². The van der Waals surface area contributed by atoms with Gasteiger partial charge in [-0.25, -0.2) is 4.39 Å². The maximum atomic E-state index is 13.1. The molecule has 0 radical (unpaired) electrons. The van der Waals surface area contributed by atoms with Crippen molar-refractivity contribution in [1.29, 1.82) is 0 Å². The molecule has 0 N–H and O–H groups in total. The molecule has 170 valence electrons. The summed E-state index contributed by atoms with van der Waals surface area (Å²) in [5, 5.41) is 1.30. The molecule has 3 heterocycles. The van der Waals surface area contributed by atoms with E-state index in [0.29, 0.717) is 5.92 Å². The van der Waals surface area contributed by atoms with Gasteiger partial charge in [0.1, 0.15) is 11.6 Å². The fourth-order valence-electron chi connectivity index (χ4n) is 5.00. The number of pyridine rings is 1. The lowest BCUT2D eigenvalue weighted by Crippen LogP contribution is -2.34. The third-order valence-corrected chi connectivity index (χ3v) is 6.77. The van der Waals surface area contributed by atoms with E-state index >= 15 is 0 Å². The average molecular weight is 444 g/mol. The Morgan fingerprint density at radius 2 is 1.88 bits per heavy atom. The summed E-state index contributed by atoms with van der Waals surface area (Å²) in [4.78, 5) is 7.37. The fourth-order valence-corrected chi connectivity index (χ4v) is 5.00. The highest BCUT2D eigenvalue weighted by atomic mass is 19.1. The van der Waals surface area contributed by atoms with E-state index in [1.165, 1.54) is 47.1 Å². The van der Waals surface area contributed by atoms with Crippen LogP contribution in [0.3, 0.4) is 0 Å². The molecule has 5 rings (SSSR count). The Balaban J connectivity index is 1.26. The average Bonchev–Trinajstić information content (AvgIpc) is 3.15. The number of halogens is 1. The first kappa shape index (κ1) is 21.7. The van der Waals surface area contributed by atoms with E-state index in [9.17, 15) is 4.39 Å². The number of likely N-dealkylation sites (tertiary alicyclic amines) is 1. The summed E-state index contributed by atoms with van der Waals surface area (Å²) < 4.78 is 20.7. The lowest BCUT2D eigenvalue weighted by Gasteiger charge is -2.32. The third kappa shape index (κ3) is 4.79. The maximum Gasteiger partial charge on any atom is 0.123 e. The molecular formula is C28H30FN3O. The van der Waals surface area contributed by atoms with Gasteiger partial charge in [-0.1, -0.05) is 18.2 Å². The molecule has 33 heavy (non-hydrogen) atoms. The molecule has 2 aromatic carbocycles. The summed E-state index contributed by atoms with van der Waals surface area (Å²) in [6.45, 7) is 3.09. The van der Waals surface area contributed by atoms with Gasteiger partial charge < -0.3 is 9.30 Å². The van der Waals surface area contributed by atoms with Crippen LogP contribution in [0.15, 0.2) is 67.0 Å². The van der Waals surface area contributed by atoms with E-state index < -0.39 is 0 Å². The van der Waals surface area contributed by atoms with Gasteiger partial charge in [-0.05, 0) is 72.8 Å². The normalized spacial score (nSPS) is 16.9. The van der Waals surface area contributed by atoms with Crippen LogP contribution in [0, 0.1) is 5.82 Å². The summed E-state index contributed by atoms with van der Waals surface area (Å²) in [5.41, 5.74) is 5.99. The SMILES string of the molecule is COc1ccc2c(CN3CCCC(c4ccc(Cc5ccc(F)cc5)cn4)C3)cn(C)c2c1. The van der Waals surface area contributed by atoms with Crippen molar-refractivity contribution >= 4 is 10.9 Å². The van der Waals surface area contributed by atoms with Crippen LogP contribution in [-0.4, -0.2) is 34.7 Å². The second-order valence-corrected chi connectivity index (χ2v) is 9.12. The summed E-state index contributed by atoms with van der Waals surface area (Å²) >= 11 is 0. The molecule has 0 amide bonds. The van der Waals surface area contributed by atoms with E-state index in [0.717, 1.165) is 42.9 Å². The zero-order valence-electron chi connectivity index (χ0n) is 19.3. The molecule has 1 aliphatic heterocycles. The number of aryl methyl sites for hydroxylation is 1. The molecule has 0 bridgehead atoms. The number of benzene rings is 2. The van der Waals surface area contributed by atoms with Crippen LogP contribution in [-0.2, 0) is 20.0 Å². The highest BCUT2D eigenvalue weighted by Gasteiger charge is 2.23.